The third-order valence-corrected chi connectivity index (χ3v) is 3.74. The van der Waals surface area contributed by atoms with Gasteiger partial charge in [-0.05, 0) is 49.6 Å². The molecule has 0 bridgehead atoms. The number of halogens is 1. The molecule has 3 rings (SSSR count). The molecule has 0 saturated carbocycles. The van der Waals surface area contributed by atoms with Crippen molar-refractivity contribution in [2.24, 2.45) is 0 Å². The number of nitrogens with zero attached hydrogens (tertiary/aromatic N) is 2. The highest BCUT2D eigenvalue weighted by molar-refractivity contribution is 5.68. The first-order chi connectivity index (χ1) is 9.69. The van der Waals surface area contributed by atoms with Crippen LogP contribution in [0.3, 0.4) is 0 Å². The summed E-state index contributed by atoms with van der Waals surface area (Å²) >= 11 is 0. The van der Waals surface area contributed by atoms with Crippen molar-refractivity contribution in [1.29, 1.82) is 5.26 Å². The van der Waals surface area contributed by atoms with Crippen molar-refractivity contribution in [3.63, 3.8) is 0 Å². The zero-order chi connectivity index (χ0) is 14.1. The minimum absolute atomic E-state index is 0.0925. The molecule has 2 nitrogen and oxygen atoms in total. The fourth-order valence-corrected chi connectivity index (χ4v) is 2.76. The summed E-state index contributed by atoms with van der Waals surface area (Å²) in [5.74, 6) is -0.454. The Bertz CT molecular complexity index is 701. The Hall–Kier alpha value is -2.34. The number of fused-ring (bicyclic) bond motifs is 1. The number of hydrogen-bond acceptors (Lipinski definition) is 2. The van der Waals surface area contributed by atoms with E-state index < -0.39 is 5.82 Å². The Morgan fingerprint density at radius 2 is 2.05 bits per heavy atom. The molecule has 1 aliphatic heterocycles. The van der Waals surface area contributed by atoms with Crippen LogP contribution in [-0.2, 0) is 6.42 Å². The molecule has 0 saturated heterocycles. The van der Waals surface area contributed by atoms with Gasteiger partial charge in [0.1, 0.15) is 11.9 Å². The van der Waals surface area contributed by atoms with Gasteiger partial charge in [-0.2, -0.15) is 5.26 Å². The van der Waals surface area contributed by atoms with Gasteiger partial charge in [0.25, 0.3) is 0 Å². The molecule has 3 heteroatoms. The van der Waals surface area contributed by atoms with Gasteiger partial charge in [-0.1, -0.05) is 17.7 Å². The van der Waals surface area contributed by atoms with E-state index in [0.29, 0.717) is 0 Å². The molecule has 20 heavy (non-hydrogen) atoms. The van der Waals surface area contributed by atoms with Crippen LogP contribution in [0.1, 0.15) is 23.1 Å². The van der Waals surface area contributed by atoms with E-state index in [9.17, 15) is 4.39 Å². The molecule has 0 fully saturated rings. The molecule has 0 spiro atoms. The van der Waals surface area contributed by atoms with Crippen molar-refractivity contribution in [1.82, 2.24) is 0 Å². The lowest BCUT2D eigenvalue weighted by atomic mass is 9.99. The summed E-state index contributed by atoms with van der Waals surface area (Å²) in [5, 5.41) is 8.80. The van der Waals surface area contributed by atoms with E-state index >= 15 is 0 Å². The molecule has 1 aliphatic rings. The van der Waals surface area contributed by atoms with Crippen molar-refractivity contribution in [2.75, 3.05) is 11.4 Å². The molecule has 0 amide bonds. The second-order valence-corrected chi connectivity index (χ2v) is 5.16. The fraction of sp³-hybridized carbons (Fsp3) is 0.235. The molecule has 0 aromatic heterocycles. The molecule has 2 aromatic rings. The summed E-state index contributed by atoms with van der Waals surface area (Å²) in [6, 6.07) is 13.0. The maximum absolute atomic E-state index is 13.8. The van der Waals surface area contributed by atoms with Gasteiger partial charge in [-0.3, -0.25) is 0 Å². The fourth-order valence-electron chi connectivity index (χ4n) is 2.76. The van der Waals surface area contributed by atoms with Crippen LogP contribution in [0.25, 0.3) is 0 Å². The van der Waals surface area contributed by atoms with Crippen molar-refractivity contribution in [3.05, 3.63) is 58.9 Å². The third-order valence-electron chi connectivity index (χ3n) is 3.74. The standard InChI is InChI=1S/C17H15FN2/c1-12-4-7-17-13(9-12)3-2-8-20(17)15-6-5-14(11-19)16(18)10-15/h4-7,9-10H,2-3,8H2,1H3. The summed E-state index contributed by atoms with van der Waals surface area (Å²) in [7, 11) is 0. The van der Waals surface area contributed by atoms with Gasteiger partial charge in [0, 0.05) is 17.9 Å². The van der Waals surface area contributed by atoms with Crippen LogP contribution in [0.4, 0.5) is 15.8 Å². The summed E-state index contributed by atoms with van der Waals surface area (Å²) in [6.07, 6.45) is 2.12. The molecule has 1 heterocycles. The molecule has 0 unspecified atom stereocenters. The zero-order valence-electron chi connectivity index (χ0n) is 11.4. The molecule has 100 valence electrons. The van der Waals surface area contributed by atoms with Crippen molar-refractivity contribution < 1.29 is 4.39 Å². The predicted octanol–water partition coefficient (Wildman–Crippen LogP) is 4.09. The van der Waals surface area contributed by atoms with Crippen LogP contribution in [0, 0.1) is 24.1 Å². The van der Waals surface area contributed by atoms with Gasteiger partial charge in [0.05, 0.1) is 5.56 Å². The number of rotatable bonds is 1. The Kier molecular flexibility index (Phi) is 3.15. The highest BCUT2D eigenvalue weighted by atomic mass is 19.1. The molecular formula is C17H15FN2. The van der Waals surface area contributed by atoms with E-state index in [1.165, 1.54) is 17.2 Å². The monoisotopic (exact) mass is 266 g/mol. The van der Waals surface area contributed by atoms with Crippen molar-refractivity contribution >= 4 is 11.4 Å². The summed E-state index contributed by atoms with van der Waals surface area (Å²) in [6.45, 7) is 2.96. The van der Waals surface area contributed by atoms with E-state index in [-0.39, 0.29) is 5.56 Å². The lowest BCUT2D eigenvalue weighted by Gasteiger charge is -2.31. The van der Waals surface area contributed by atoms with Gasteiger partial charge in [-0.15, -0.1) is 0 Å². The number of aryl methyl sites for hydroxylation is 2. The highest BCUT2D eigenvalue weighted by Gasteiger charge is 2.19. The quantitative estimate of drug-likeness (QED) is 0.777. The lowest BCUT2D eigenvalue weighted by Crippen LogP contribution is -2.24. The van der Waals surface area contributed by atoms with Gasteiger partial charge in [0.15, 0.2) is 0 Å². The Morgan fingerprint density at radius 1 is 1.20 bits per heavy atom. The Morgan fingerprint density at radius 3 is 2.80 bits per heavy atom. The number of nitriles is 1. The van der Waals surface area contributed by atoms with E-state index in [4.69, 9.17) is 5.26 Å². The zero-order valence-corrected chi connectivity index (χ0v) is 11.4. The smallest absolute Gasteiger partial charge is 0.143 e. The Balaban J connectivity index is 2.05. The third kappa shape index (κ3) is 2.14. The number of hydrogen-bond donors (Lipinski definition) is 0. The minimum atomic E-state index is -0.454. The summed E-state index contributed by atoms with van der Waals surface area (Å²) in [5.41, 5.74) is 4.60. The van der Waals surface area contributed by atoms with Crippen LogP contribution < -0.4 is 4.90 Å². The maximum Gasteiger partial charge on any atom is 0.143 e. The van der Waals surface area contributed by atoms with Crippen LogP contribution in [0.2, 0.25) is 0 Å². The summed E-state index contributed by atoms with van der Waals surface area (Å²) < 4.78 is 13.8. The predicted molar refractivity (Wildman–Crippen MR) is 77.6 cm³/mol. The topological polar surface area (TPSA) is 27.0 Å². The Labute approximate surface area is 118 Å². The number of benzene rings is 2. The van der Waals surface area contributed by atoms with Crippen molar-refractivity contribution in [3.8, 4) is 6.07 Å². The average molecular weight is 266 g/mol. The van der Waals surface area contributed by atoms with Gasteiger partial charge < -0.3 is 4.90 Å². The van der Waals surface area contributed by atoms with E-state index in [1.807, 2.05) is 12.1 Å². The van der Waals surface area contributed by atoms with Gasteiger partial charge in [0.2, 0.25) is 0 Å². The second kappa shape index (κ2) is 4.97. The van der Waals surface area contributed by atoms with E-state index in [0.717, 1.165) is 30.8 Å². The molecule has 0 radical (unpaired) electrons. The SMILES string of the molecule is Cc1ccc2c(c1)CCCN2c1ccc(C#N)c(F)c1. The van der Waals surface area contributed by atoms with Crippen LogP contribution >= 0.6 is 0 Å². The first-order valence-electron chi connectivity index (χ1n) is 6.76. The normalized spacial score (nSPS) is 13.8. The maximum atomic E-state index is 13.8. The molecule has 0 N–H and O–H groups in total. The molecule has 0 aliphatic carbocycles. The molecule has 2 aromatic carbocycles. The average Bonchev–Trinajstić information content (AvgIpc) is 2.46. The first kappa shape index (κ1) is 12.7. The molecule has 0 atom stereocenters. The van der Waals surface area contributed by atoms with E-state index in [2.05, 4.69) is 30.0 Å². The van der Waals surface area contributed by atoms with Gasteiger partial charge >= 0.3 is 0 Å². The van der Waals surface area contributed by atoms with Crippen LogP contribution in [0.15, 0.2) is 36.4 Å². The largest absolute Gasteiger partial charge is 0.341 e. The first-order valence-corrected chi connectivity index (χ1v) is 6.76. The summed E-state index contributed by atoms with van der Waals surface area (Å²) in [4.78, 5) is 2.13. The highest BCUT2D eigenvalue weighted by Crippen LogP contribution is 2.34. The molecular weight excluding hydrogens is 251 g/mol. The van der Waals surface area contributed by atoms with Crippen LogP contribution in [0.5, 0.6) is 0 Å². The minimum Gasteiger partial charge on any atom is -0.341 e. The second-order valence-electron chi connectivity index (χ2n) is 5.16. The lowest BCUT2D eigenvalue weighted by molar-refractivity contribution is 0.623. The van der Waals surface area contributed by atoms with Gasteiger partial charge in [-0.25, -0.2) is 4.39 Å². The van der Waals surface area contributed by atoms with E-state index in [1.54, 1.807) is 6.07 Å². The van der Waals surface area contributed by atoms with Crippen molar-refractivity contribution in [2.45, 2.75) is 19.8 Å². The number of anilines is 2. The van der Waals surface area contributed by atoms with Crippen LogP contribution in [-0.4, -0.2) is 6.54 Å².